The van der Waals surface area contributed by atoms with Crippen molar-refractivity contribution in [3.05, 3.63) is 59.2 Å². The van der Waals surface area contributed by atoms with Crippen LogP contribution in [0.1, 0.15) is 52.0 Å². The minimum atomic E-state index is -3.73. The van der Waals surface area contributed by atoms with E-state index in [4.69, 9.17) is 4.74 Å². The molecule has 2 aliphatic heterocycles. The lowest BCUT2D eigenvalue weighted by molar-refractivity contribution is 0.0730. The van der Waals surface area contributed by atoms with Crippen LogP contribution in [-0.4, -0.2) is 68.8 Å². The van der Waals surface area contributed by atoms with Crippen LogP contribution in [0, 0.1) is 6.92 Å². The summed E-state index contributed by atoms with van der Waals surface area (Å²) >= 11 is 0. The number of carbonyl (C=O) groups excluding carboxylic acids is 2. The van der Waals surface area contributed by atoms with Crippen molar-refractivity contribution < 1.29 is 22.7 Å². The normalized spacial score (nSPS) is 17.7. The van der Waals surface area contributed by atoms with E-state index in [0.29, 0.717) is 43.1 Å². The molecule has 8 nitrogen and oxygen atoms in total. The lowest BCUT2D eigenvalue weighted by atomic mass is 10.1. The zero-order valence-electron chi connectivity index (χ0n) is 19.5. The second-order valence-corrected chi connectivity index (χ2v) is 10.6. The molecule has 2 aromatic carbocycles. The van der Waals surface area contributed by atoms with Gasteiger partial charge in [0.1, 0.15) is 0 Å². The molecular weight excluding hydrogens is 454 g/mol. The van der Waals surface area contributed by atoms with E-state index in [0.717, 1.165) is 25.7 Å². The Morgan fingerprint density at radius 2 is 1.56 bits per heavy atom. The smallest absolute Gasteiger partial charge is 0.255 e. The predicted molar refractivity (Wildman–Crippen MR) is 130 cm³/mol. The Kier molecular flexibility index (Phi) is 7.65. The monoisotopic (exact) mass is 485 g/mol. The molecule has 0 radical (unpaired) electrons. The third kappa shape index (κ3) is 5.32. The molecule has 2 saturated heterocycles. The number of amides is 2. The van der Waals surface area contributed by atoms with Gasteiger partial charge in [-0.3, -0.25) is 9.59 Å². The zero-order chi connectivity index (χ0) is 24.1. The molecule has 2 amide bonds. The summed E-state index contributed by atoms with van der Waals surface area (Å²) in [4.78, 5) is 28.3. The van der Waals surface area contributed by atoms with Crippen LogP contribution in [-0.2, 0) is 14.8 Å². The van der Waals surface area contributed by atoms with Crippen LogP contribution in [0.15, 0.2) is 47.4 Å². The molecule has 2 aromatic rings. The highest BCUT2D eigenvalue weighted by Crippen LogP contribution is 2.24. The first-order valence-electron chi connectivity index (χ1n) is 11.8. The molecule has 1 N–H and O–H groups in total. The largest absolute Gasteiger partial charge is 0.379 e. The molecule has 0 saturated carbocycles. The maximum atomic E-state index is 13.2. The molecule has 182 valence electrons. The van der Waals surface area contributed by atoms with Crippen molar-refractivity contribution in [1.82, 2.24) is 9.21 Å². The summed E-state index contributed by atoms with van der Waals surface area (Å²) in [5.41, 5.74) is 1.76. The fourth-order valence-corrected chi connectivity index (χ4v) is 5.79. The molecule has 2 fully saturated rings. The van der Waals surface area contributed by atoms with Crippen molar-refractivity contribution >= 4 is 27.5 Å². The van der Waals surface area contributed by atoms with E-state index in [1.165, 1.54) is 16.4 Å². The van der Waals surface area contributed by atoms with Crippen molar-refractivity contribution in [2.45, 2.75) is 37.5 Å². The van der Waals surface area contributed by atoms with E-state index in [1.54, 1.807) is 37.3 Å². The second-order valence-electron chi connectivity index (χ2n) is 8.70. The third-order valence-electron chi connectivity index (χ3n) is 6.36. The maximum Gasteiger partial charge on any atom is 0.255 e. The first-order valence-corrected chi connectivity index (χ1v) is 13.2. The molecule has 2 heterocycles. The second kappa shape index (κ2) is 10.7. The van der Waals surface area contributed by atoms with Crippen molar-refractivity contribution in [1.29, 1.82) is 0 Å². The average molecular weight is 486 g/mol. The number of nitrogens with one attached hydrogen (secondary N) is 1. The molecule has 4 rings (SSSR count). The number of sulfonamides is 1. The Bertz CT molecular complexity index is 1150. The number of rotatable bonds is 5. The number of hydrogen-bond acceptors (Lipinski definition) is 5. The molecule has 9 heteroatoms. The Labute approximate surface area is 200 Å². The van der Waals surface area contributed by atoms with Crippen LogP contribution in [0.4, 0.5) is 5.69 Å². The number of morpholine rings is 1. The minimum absolute atomic E-state index is 0.0686. The highest BCUT2D eigenvalue weighted by Gasteiger charge is 2.28. The summed E-state index contributed by atoms with van der Waals surface area (Å²) in [5, 5.41) is 2.85. The van der Waals surface area contributed by atoms with Crippen molar-refractivity contribution in [2.75, 3.05) is 44.7 Å². The molecule has 0 bridgehead atoms. The zero-order valence-corrected chi connectivity index (χ0v) is 20.3. The molecule has 34 heavy (non-hydrogen) atoms. The number of ether oxygens (including phenoxy) is 1. The first-order chi connectivity index (χ1) is 16.4. The van der Waals surface area contributed by atoms with Crippen LogP contribution < -0.4 is 5.32 Å². The topological polar surface area (TPSA) is 96.0 Å². The van der Waals surface area contributed by atoms with E-state index in [-0.39, 0.29) is 29.5 Å². The van der Waals surface area contributed by atoms with Gasteiger partial charge in [-0.1, -0.05) is 31.0 Å². The van der Waals surface area contributed by atoms with Gasteiger partial charge in [0.15, 0.2) is 0 Å². The summed E-state index contributed by atoms with van der Waals surface area (Å²) in [6.07, 6.45) is 4.18. The van der Waals surface area contributed by atoms with Gasteiger partial charge in [0, 0.05) is 31.7 Å². The van der Waals surface area contributed by atoms with E-state index in [2.05, 4.69) is 5.32 Å². The molecule has 0 atom stereocenters. The van der Waals surface area contributed by atoms with Crippen LogP contribution in [0.25, 0.3) is 0 Å². The summed E-state index contributed by atoms with van der Waals surface area (Å²) in [7, 11) is -3.73. The quantitative estimate of drug-likeness (QED) is 0.701. The highest BCUT2D eigenvalue weighted by molar-refractivity contribution is 7.89. The molecule has 0 aromatic heterocycles. The van der Waals surface area contributed by atoms with Crippen molar-refractivity contribution in [3.63, 3.8) is 0 Å². The van der Waals surface area contributed by atoms with Gasteiger partial charge in [-0.05, 0) is 49.6 Å². The summed E-state index contributed by atoms with van der Waals surface area (Å²) in [5.74, 6) is -0.550. The Hall–Kier alpha value is -2.75. The molecule has 2 aliphatic rings. The van der Waals surface area contributed by atoms with Crippen LogP contribution in [0.5, 0.6) is 0 Å². The summed E-state index contributed by atoms with van der Waals surface area (Å²) in [6, 6.07) is 11.5. The van der Waals surface area contributed by atoms with E-state index in [1.807, 2.05) is 4.90 Å². The third-order valence-corrected chi connectivity index (χ3v) is 8.26. The number of likely N-dealkylation sites (tertiary alicyclic amines) is 1. The fourth-order valence-electron chi connectivity index (χ4n) is 4.35. The van der Waals surface area contributed by atoms with Gasteiger partial charge in [-0.2, -0.15) is 4.31 Å². The maximum absolute atomic E-state index is 13.2. The first kappa shape index (κ1) is 24.4. The number of para-hydroxylation sites is 1. The number of aryl methyl sites for hydroxylation is 1. The lowest BCUT2D eigenvalue weighted by Crippen LogP contribution is -2.40. The van der Waals surface area contributed by atoms with Gasteiger partial charge in [-0.15, -0.1) is 0 Å². The number of carbonyl (C=O) groups is 2. The molecular formula is C25H31N3O5S. The van der Waals surface area contributed by atoms with Gasteiger partial charge in [0.2, 0.25) is 10.0 Å². The minimum Gasteiger partial charge on any atom is -0.379 e. The number of hydrogen-bond donors (Lipinski definition) is 1. The van der Waals surface area contributed by atoms with E-state index < -0.39 is 15.9 Å². The SMILES string of the molecule is Cc1ccc(S(=O)(=O)N2CCOCC2)cc1C(=O)Nc1ccccc1C(=O)N1CCCCCC1. The lowest BCUT2D eigenvalue weighted by Gasteiger charge is -2.26. The van der Waals surface area contributed by atoms with Gasteiger partial charge in [0.05, 0.1) is 29.4 Å². The average Bonchev–Trinajstić information content (AvgIpc) is 3.14. The van der Waals surface area contributed by atoms with Gasteiger partial charge < -0.3 is 15.0 Å². The summed E-state index contributed by atoms with van der Waals surface area (Å²) in [6.45, 7) is 4.44. The number of benzene rings is 2. The highest BCUT2D eigenvalue weighted by atomic mass is 32.2. The van der Waals surface area contributed by atoms with Gasteiger partial charge in [0.25, 0.3) is 11.8 Å². The van der Waals surface area contributed by atoms with E-state index in [9.17, 15) is 18.0 Å². The molecule has 0 unspecified atom stereocenters. The molecule has 0 aliphatic carbocycles. The molecule has 0 spiro atoms. The van der Waals surface area contributed by atoms with Gasteiger partial charge in [-0.25, -0.2) is 8.42 Å². The van der Waals surface area contributed by atoms with Crippen LogP contribution in [0.2, 0.25) is 0 Å². The fraction of sp³-hybridized carbons (Fsp3) is 0.440. The summed E-state index contributed by atoms with van der Waals surface area (Å²) < 4.78 is 32.8. The standard InChI is InChI=1S/C25H31N3O5S/c1-19-10-11-20(34(31,32)28-14-16-33-17-15-28)18-22(19)24(29)26-23-9-5-4-8-21(23)25(30)27-12-6-2-3-7-13-27/h4-5,8-11,18H,2-3,6-7,12-17H2,1H3,(H,26,29). The van der Waals surface area contributed by atoms with Crippen molar-refractivity contribution in [3.8, 4) is 0 Å². The number of nitrogens with zero attached hydrogens (tertiary/aromatic N) is 2. The van der Waals surface area contributed by atoms with Gasteiger partial charge >= 0.3 is 0 Å². The van der Waals surface area contributed by atoms with Crippen LogP contribution >= 0.6 is 0 Å². The van der Waals surface area contributed by atoms with Crippen LogP contribution in [0.3, 0.4) is 0 Å². The number of anilines is 1. The predicted octanol–water partition coefficient (Wildman–Crippen LogP) is 3.28. The van der Waals surface area contributed by atoms with E-state index >= 15 is 0 Å². The Balaban J connectivity index is 1.58. The Morgan fingerprint density at radius 3 is 2.26 bits per heavy atom. The Morgan fingerprint density at radius 1 is 0.882 bits per heavy atom. The van der Waals surface area contributed by atoms with Crippen molar-refractivity contribution in [2.24, 2.45) is 0 Å².